The lowest BCUT2D eigenvalue weighted by molar-refractivity contribution is -0.155. The maximum absolute atomic E-state index is 12.8. The molecule has 0 amide bonds. The molecule has 3 rings (SSSR count). The predicted octanol–water partition coefficient (Wildman–Crippen LogP) is 1.60. The Hall–Kier alpha value is -1.75. The van der Waals surface area contributed by atoms with Gasteiger partial charge in [0.05, 0.1) is 0 Å². The number of fused-ring (bicyclic) bond motifs is 3. The highest BCUT2D eigenvalue weighted by atomic mass is 16.5. The van der Waals surface area contributed by atoms with Crippen LogP contribution in [0.4, 0.5) is 0 Å². The third-order valence-corrected chi connectivity index (χ3v) is 4.49. The van der Waals surface area contributed by atoms with E-state index in [9.17, 15) is 9.90 Å². The van der Waals surface area contributed by atoms with Crippen molar-refractivity contribution >= 4 is 5.78 Å². The molecule has 1 saturated carbocycles. The highest BCUT2D eigenvalue weighted by Gasteiger charge is 2.73. The fraction of sp³-hybridized carbons (Fsp3) is 0.312. The van der Waals surface area contributed by atoms with Crippen LogP contribution in [0.2, 0.25) is 0 Å². The normalized spacial score (nSPS) is 35.4. The van der Waals surface area contributed by atoms with E-state index in [2.05, 4.69) is 13.2 Å². The van der Waals surface area contributed by atoms with Crippen LogP contribution in [-0.4, -0.2) is 36.8 Å². The van der Waals surface area contributed by atoms with Gasteiger partial charge in [-0.3, -0.25) is 4.79 Å². The molecule has 1 fully saturated rings. The number of ether oxygens (including phenoxy) is 2. The van der Waals surface area contributed by atoms with Crippen LogP contribution in [0.5, 0.6) is 0 Å². The lowest BCUT2D eigenvalue weighted by Crippen LogP contribution is -2.54. The Kier molecular flexibility index (Phi) is 2.57. The van der Waals surface area contributed by atoms with Crippen LogP contribution < -0.4 is 0 Å². The monoisotopic (exact) mass is 272 g/mol. The molecule has 2 aliphatic carbocycles. The van der Waals surface area contributed by atoms with Crippen molar-refractivity contribution in [3.05, 3.63) is 59.7 Å². The Morgan fingerprint density at radius 1 is 1.25 bits per heavy atom. The number of hydrogen-bond donors (Lipinski definition) is 1. The molecule has 1 N–H and O–H groups in total. The molecule has 2 aliphatic rings. The molecular weight excluding hydrogens is 256 g/mol. The summed E-state index contributed by atoms with van der Waals surface area (Å²) in [4.78, 5) is 12.8. The Morgan fingerprint density at radius 3 is 2.50 bits per heavy atom. The van der Waals surface area contributed by atoms with E-state index in [1.807, 2.05) is 0 Å². The zero-order valence-electron chi connectivity index (χ0n) is 11.5. The minimum atomic E-state index is -1.63. The number of rotatable bonds is 2. The molecule has 1 aromatic rings. The maximum Gasteiger partial charge on any atom is 0.203 e. The van der Waals surface area contributed by atoms with Crippen LogP contribution in [0.25, 0.3) is 0 Å². The van der Waals surface area contributed by atoms with Gasteiger partial charge in [0.15, 0.2) is 11.2 Å². The van der Waals surface area contributed by atoms with E-state index in [0.717, 1.165) is 0 Å². The van der Waals surface area contributed by atoms with E-state index in [4.69, 9.17) is 9.47 Å². The Morgan fingerprint density at radius 2 is 1.90 bits per heavy atom. The Balaban J connectivity index is 2.40. The first-order valence-corrected chi connectivity index (χ1v) is 6.30. The van der Waals surface area contributed by atoms with Crippen molar-refractivity contribution in [3.63, 3.8) is 0 Å². The number of Topliss-reactive ketones (excluding diaryl/α,β-unsaturated/α-hetero) is 1. The number of carbonyl (C=O) groups excluding carboxylic acids is 1. The number of benzene rings is 1. The van der Waals surface area contributed by atoms with Gasteiger partial charge >= 0.3 is 0 Å². The number of ketones is 1. The van der Waals surface area contributed by atoms with Gasteiger partial charge in [-0.1, -0.05) is 37.4 Å². The molecule has 4 heteroatoms. The summed E-state index contributed by atoms with van der Waals surface area (Å²) in [6, 6.07) is 6.92. The highest BCUT2D eigenvalue weighted by molar-refractivity contribution is 6.12. The number of hydrogen-bond acceptors (Lipinski definition) is 4. The quantitative estimate of drug-likeness (QED) is 0.888. The lowest BCUT2D eigenvalue weighted by atomic mass is 9.83. The lowest BCUT2D eigenvalue weighted by Gasteiger charge is -2.36. The molecule has 0 unspecified atom stereocenters. The second-order valence-corrected chi connectivity index (χ2v) is 5.15. The summed E-state index contributed by atoms with van der Waals surface area (Å²) in [5.74, 6) is -0.302. The van der Waals surface area contributed by atoms with Gasteiger partial charge in [-0.05, 0) is 11.1 Å². The molecule has 3 atom stereocenters. The Bertz CT molecular complexity index is 648. The molecule has 0 spiro atoms. The third-order valence-electron chi connectivity index (χ3n) is 4.49. The average molecular weight is 272 g/mol. The molecular formula is C16H16O4. The standard InChI is InChI=1S/C16H16O4/c1-9-10(2)16(20-4)13(17)11-7-5-6-8-12(11)15(16,18)14(9)19-3/h5-8,14,18H,1-2H2,3-4H3/t14-,15-,16-/m1/s1. The second-order valence-electron chi connectivity index (χ2n) is 5.15. The fourth-order valence-corrected chi connectivity index (χ4v) is 3.58. The second kappa shape index (κ2) is 3.88. The van der Waals surface area contributed by atoms with Crippen LogP contribution in [0.1, 0.15) is 15.9 Å². The summed E-state index contributed by atoms with van der Waals surface area (Å²) in [6.45, 7) is 7.81. The van der Waals surface area contributed by atoms with E-state index < -0.39 is 17.3 Å². The van der Waals surface area contributed by atoms with Gasteiger partial charge in [-0.2, -0.15) is 0 Å². The van der Waals surface area contributed by atoms with Crippen LogP contribution >= 0.6 is 0 Å². The first kappa shape index (κ1) is 13.2. The van der Waals surface area contributed by atoms with E-state index >= 15 is 0 Å². The van der Waals surface area contributed by atoms with Crippen molar-refractivity contribution in [2.75, 3.05) is 14.2 Å². The van der Waals surface area contributed by atoms with Gasteiger partial charge < -0.3 is 14.6 Å². The molecule has 0 saturated heterocycles. The van der Waals surface area contributed by atoms with Gasteiger partial charge in [-0.25, -0.2) is 0 Å². The summed E-state index contributed by atoms with van der Waals surface area (Å²) >= 11 is 0. The van der Waals surface area contributed by atoms with Crippen molar-refractivity contribution in [2.24, 2.45) is 0 Å². The molecule has 4 nitrogen and oxygen atoms in total. The first-order valence-electron chi connectivity index (χ1n) is 6.30. The topological polar surface area (TPSA) is 55.8 Å². The molecule has 0 bridgehead atoms. The fourth-order valence-electron chi connectivity index (χ4n) is 3.58. The molecule has 0 aliphatic heterocycles. The highest BCUT2D eigenvalue weighted by Crippen LogP contribution is 2.60. The smallest absolute Gasteiger partial charge is 0.203 e. The zero-order valence-corrected chi connectivity index (χ0v) is 11.5. The summed E-state index contributed by atoms with van der Waals surface area (Å²) in [7, 11) is 2.86. The third kappa shape index (κ3) is 1.08. The molecule has 0 radical (unpaired) electrons. The zero-order chi connectivity index (χ0) is 14.7. The number of methoxy groups -OCH3 is 2. The van der Waals surface area contributed by atoms with Crippen molar-refractivity contribution in [3.8, 4) is 0 Å². The van der Waals surface area contributed by atoms with Gasteiger partial charge in [0.25, 0.3) is 0 Å². The summed E-state index contributed by atoms with van der Waals surface area (Å²) < 4.78 is 10.9. The molecule has 0 aromatic heterocycles. The van der Waals surface area contributed by atoms with Crippen molar-refractivity contribution < 1.29 is 19.4 Å². The van der Waals surface area contributed by atoms with Gasteiger partial charge in [0.1, 0.15) is 6.10 Å². The summed E-state index contributed by atoms with van der Waals surface area (Å²) in [5, 5.41) is 11.3. The largest absolute Gasteiger partial charge is 0.378 e. The molecule has 0 heterocycles. The number of aliphatic hydroxyl groups is 1. The minimum absolute atomic E-state index is 0.302. The first-order chi connectivity index (χ1) is 9.46. The average Bonchev–Trinajstić information content (AvgIpc) is 2.76. The molecule has 1 aromatic carbocycles. The van der Waals surface area contributed by atoms with Crippen LogP contribution in [-0.2, 0) is 15.1 Å². The summed E-state index contributed by atoms with van der Waals surface area (Å²) in [6.07, 6.45) is -0.762. The van der Waals surface area contributed by atoms with Crippen molar-refractivity contribution in [1.82, 2.24) is 0 Å². The van der Waals surface area contributed by atoms with E-state index in [1.165, 1.54) is 14.2 Å². The van der Waals surface area contributed by atoms with E-state index in [0.29, 0.717) is 22.3 Å². The predicted molar refractivity (Wildman–Crippen MR) is 73.5 cm³/mol. The number of carbonyl (C=O) groups is 1. The van der Waals surface area contributed by atoms with Crippen LogP contribution in [0.3, 0.4) is 0 Å². The maximum atomic E-state index is 12.8. The Labute approximate surface area is 117 Å². The van der Waals surface area contributed by atoms with E-state index in [1.54, 1.807) is 24.3 Å². The van der Waals surface area contributed by atoms with Crippen molar-refractivity contribution in [1.29, 1.82) is 0 Å². The molecule has 104 valence electrons. The molecule has 20 heavy (non-hydrogen) atoms. The van der Waals surface area contributed by atoms with Crippen LogP contribution in [0, 0.1) is 0 Å². The van der Waals surface area contributed by atoms with E-state index in [-0.39, 0.29) is 5.78 Å². The SMILES string of the molecule is C=C1C(=C)[C@@]2(OC)C(=O)c3ccccc3[C@@]2(O)[C@@H]1OC. The van der Waals surface area contributed by atoms with Gasteiger partial charge in [0.2, 0.25) is 5.78 Å². The van der Waals surface area contributed by atoms with Gasteiger partial charge in [0, 0.05) is 25.3 Å². The van der Waals surface area contributed by atoms with Crippen molar-refractivity contribution in [2.45, 2.75) is 17.3 Å². The van der Waals surface area contributed by atoms with Gasteiger partial charge in [-0.15, -0.1) is 0 Å². The van der Waals surface area contributed by atoms with Crippen LogP contribution in [0.15, 0.2) is 48.6 Å². The summed E-state index contributed by atoms with van der Waals surface area (Å²) in [5.41, 5.74) is -1.38. The minimum Gasteiger partial charge on any atom is -0.378 e.